The molecule has 1 atom stereocenters. The molecule has 1 N–H and O–H groups in total. The van der Waals surface area contributed by atoms with Crippen LogP contribution >= 0.6 is 0 Å². The number of methoxy groups -OCH3 is 1. The van der Waals surface area contributed by atoms with Crippen LogP contribution in [0.2, 0.25) is 0 Å². The first kappa shape index (κ1) is 20.7. The summed E-state index contributed by atoms with van der Waals surface area (Å²) in [6.07, 6.45) is 2.47. The van der Waals surface area contributed by atoms with E-state index in [2.05, 4.69) is 5.32 Å². The molecule has 0 aliphatic carbocycles. The van der Waals surface area contributed by atoms with E-state index in [1.807, 2.05) is 55.5 Å². The Morgan fingerprint density at radius 3 is 2.69 bits per heavy atom. The summed E-state index contributed by atoms with van der Waals surface area (Å²) in [5.74, 6) is 1.13. The number of carbonyl (C=O) groups excluding carboxylic acids is 2. The van der Waals surface area contributed by atoms with Gasteiger partial charge in [0.2, 0.25) is 5.91 Å². The first-order chi connectivity index (χ1) is 14.1. The Morgan fingerprint density at radius 2 is 1.97 bits per heavy atom. The molecule has 3 rings (SSSR count). The van der Waals surface area contributed by atoms with Crippen molar-refractivity contribution < 1.29 is 19.1 Å². The van der Waals surface area contributed by atoms with Gasteiger partial charge in [-0.05, 0) is 55.5 Å². The lowest BCUT2D eigenvalue weighted by Crippen LogP contribution is -2.49. The van der Waals surface area contributed by atoms with Crippen LogP contribution in [0, 0.1) is 6.92 Å². The van der Waals surface area contributed by atoms with Crippen LogP contribution in [0.5, 0.6) is 11.5 Å². The molecule has 6 nitrogen and oxygen atoms in total. The number of carbonyl (C=O) groups is 2. The molecule has 1 fully saturated rings. The zero-order valence-electron chi connectivity index (χ0n) is 17.0. The van der Waals surface area contributed by atoms with Gasteiger partial charge < -0.3 is 19.7 Å². The van der Waals surface area contributed by atoms with Gasteiger partial charge in [-0.25, -0.2) is 0 Å². The van der Waals surface area contributed by atoms with E-state index in [0.29, 0.717) is 25.3 Å². The quantitative estimate of drug-likeness (QED) is 0.781. The van der Waals surface area contributed by atoms with Gasteiger partial charge in [0.05, 0.1) is 7.11 Å². The molecule has 1 aliphatic rings. The molecular weight excluding hydrogens is 368 g/mol. The standard InChI is InChI=1S/C23H28N2O4/c1-17-14-18(11-12-21(17)28-2)15-25(20-10-6-7-13-24-23(20)27)22(26)16-29-19-8-4-3-5-9-19/h3-5,8-9,11-12,14,20H,6-7,10,13,15-16H2,1-2H3,(H,24,27). The van der Waals surface area contributed by atoms with Crippen molar-refractivity contribution in [3.05, 3.63) is 59.7 Å². The molecule has 2 aromatic carbocycles. The third-order valence-corrected chi connectivity index (χ3v) is 5.12. The minimum atomic E-state index is -0.494. The number of para-hydroxylation sites is 1. The molecule has 1 aliphatic heterocycles. The number of aryl methyl sites for hydroxylation is 1. The number of ether oxygens (including phenoxy) is 2. The van der Waals surface area contributed by atoms with Gasteiger partial charge in [-0.15, -0.1) is 0 Å². The van der Waals surface area contributed by atoms with E-state index in [-0.39, 0.29) is 18.4 Å². The summed E-state index contributed by atoms with van der Waals surface area (Å²) in [7, 11) is 1.63. The second kappa shape index (κ2) is 9.96. The topological polar surface area (TPSA) is 67.9 Å². The zero-order valence-corrected chi connectivity index (χ0v) is 17.0. The maximum atomic E-state index is 13.1. The predicted octanol–water partition coefficient (Wildman–Crippen LogP) is 3.08. The van der Waals surface area contributed by atoms with Gasteiger partial charge in [0, 0.05) is 13.1 Å². The van der Waals surface area contributed by atoms with Crippen LogP contribution in [0.15, 0.2) is 48.5 Å². The number of amides is 2. The number of hydrogen-bond donors (Lipinski definition) is 1. The zero-order chi connectivity index (χ0) is 20.6. The maximum absolute atomic E-state index is 13.1. The number of nitrogens with zero attached hydrogens (tertiary/aromatic N) is 1. The Kier molecular flexibility index (Phi) is 7.11. The van der Waals surface area contributed by atoms with Crippen molar-refractivity contribution >= 4 is 11.8 Å². The Bertz CT molecular complexity index is 838. The molecule has 2 amide bonds. The number of hydrogen-bond acceptors (Lipinski definition) is 4. The van der Waals surface area contributed by atoms with Gasteiger partial charge in [0.1, 0.15) is 17.5 Å². The van der Waals surface area contributed by atoms with Crippen molar-refractivity contribution in [2.45, 2.75) is 38.8 Å². The average molecular weight is 396 g/mol. The summed E-state index contributed by atoms with van der Waals surface area (Å²) in [6, 6.07) is 14.5. The summed E-state index contributed by atoms with van der Waals surface area (Å²) in [6.45, 7) is 2.85. The first-order valence-electron chi connectivity index (χ1n) is 9.97. The van der Waals surface area contributed by atoms with Gasteiger partial charge in [-0.1, -0.05) is 30.3 Å². The summed E-state index contributed by atoms with van der Waals surface area (Å²) in [5.41, 5.74) is 1.94. The summed E-state index contributed by atoms with van der Waals surface area (Å²) in [4.78, 5) is 27.4. The second-order valence-electron chi connectivity index (χ2n) is 7.23. The predicted molar refractivity (Wildman–Crippen MR) is 111 cm³/mol. The van der Waals surface area contributed by atoms with E-state index in [4.69, 9.17) is 9.47 Å². The van der Waals surface area contributed by atoms with Gasteiger partial charge >= 0.3 is 0 Å². The van der Waals surface area contributed by atoms with Crippen molar-refractivity contribution in [1.82, 2.24) is 10.2 Å². The Hall–Kier alpha value is -3.02. The third kappa shape index (κ3) is 5.50. The summed E-state index contributed by atoms with van der Waals surface area (Å²) >= 11 is 0. The van der Waals surface area contributed by atoms with Gasteiger partial charge in [-0.2, -0.15) is 0 Å². The largest absolute Gasteiger partial charge is 0.496 e. The Morgan fingerprint density at radius 1 is 1.17 bits per heavy atom. The van der Waals surface area contributed by atoms with Gasteiger partial charge in [-0.3, -0.25) is 9.59 Å². The molecular formula is C23H28N2O4. The van der Waals surface area contributed by atoms with Crippen molar-refractivity contribution in [2.75, 3.05) is 20.3 Å². The lowest BCUT2D eigenvalue weighted by molar-refractivity contribution is -0.142. The highest BCUT2D eigenvalue weighted by Crippen LogP contribution is 2.22. The normalized spacial score (nSPS) is 16.5. The third-order valence-electron chi connectivity index (χ3n) is 5.12. The smallest absolute Gasteiger partial charge is 0.261 e. The fourth-order valence-electron chi connectivity index (χ4n) is 3.57. The second-order valence-corrected chi connectivity index (χ2v) is 7.23. The van der Waals surface area contributed by atoms with E-state index in [1.165, 1.54) is 0 Å². The molecule has 0 bridgehead atoms. The molecule has 0 spiro atoms. The molecule has 0 radical (unpaired) electrons. The van der Waals surface area contributed by atoms with Gasteiger partial charge in [0.25, 0.3) is 5.91 Å². The van der Waals surface area contributed by atoms with Crippen molar-refractivity contribution in [1.29, 1.82) is 0 Å². The Balaban J connectivity index is 1.79. The van der Waals surface area contributed by atoms with E-state index < -0.39 is 6.04 Å². The highest BCUT2D eigenvalue weighted by atomic mass is 16.5. The summed E-state index contributed by atoms with van der Waals surface area (Å²) < 4.78 is 11.0. The van der Waals surface area contributed by atoms with Crippen LogP contribution in [-0.4, -0.2) is 43.0 Å². The van der Waals surface area contributed by atoms with E-state index in [1.54, 1.807) is 12.0 Å². The minimum absolute atomic E-state index is 0.0965. The molecule has 0 saturated carbocycles. The fourth-order valence-corrected chi connectivity index (χ4v) is 3.57. The number of nitrogens with one attached hydrogen (secondary N) is 1. The van der Waals surface area contributed by atoms with E-state index >= 15 is 0 Å². The fraction of sp³-hybridized carbons (Fsp3) is 0.391. The molecule has 6 heteroatoms. The van der Waals surface area contributed by atoms with E-state index in [0.717, 1.165) is 29.7 Å². The van der Waals surface area contributed by atoms with Crippen LogP contribution in [0.4, 0.5) is 0 Å². The van der Waals surface area contributed by atoms with Crippen LogP contribution in [0.25, 0.3) is 0 Å². The summed E-state index contributed by atoms with van der Waals surface area (Å²) in [5, 5.41) is 2.93. The van der Waals surface area contributed by atoms with Crippen molar-refractivity contribution in [2.24, 2.45) is 0 Å². The molecule has 29 heavy (non-hydrogen) atoms. The van der Waals surface area contributed by atoms with Crippen molar-refractivity contribution in [3.63, 3.8) is 0 Å². The van der Waals surface area contributed by atoms with Crippen LogP contribution in [0.1, 0.15) is 30.4 Å². The molecule has 1 heterocycles. The number of rotatable bonds is 7. The lowest BCUT2D eigenvalue weighted by Gasteiger charge is -2.30. The molecule has 154 valence electrons. The van der Waals surface area contributed by atoms with Crippen molar-refractivity contribution in [3.8, 4) is 11.5 Å². The van der Waals surface area contributed by atoms with Gasteiger partial charge in [0.15, 0.2) is 6.61 Å². The maximum Gasteiger partial charge on any atom is 0.261 e. The molecule has 1 unspecified atom stereocenters. The van der Waals surface area contributed by atoms with E-state index in [9.17, 15) is 9.59 Å². The highest BCUT2D eigenvalue weighted by Gasteiger charge is 2.31. The van der Waals surface area contributed by atoms with Crippen LogP contribution in [-0.2, 0) is 16.1 Å². The van der Waals surface area contributed by atoms with Crippen LogP contribution in [0.3, 0.4) is 0 Å². The SMILES string of the molecule is COc1ccc(CN(C(=O)COc2ccccc2)C2CCCCNC2=O)cc1C. The molecule has 0 aromatic heterocycles. The highest BCUT2D eigenvalue weighted by molar-refractivity contribution is 5.88. The molecule has 1 saturated heterocycles. The first-order valence-corrected chi connectivity index (χ1v) is 9.97. The Labute approximate surface area is 171 Å². The average Bonchev–Trinajstić information content (AvgIpc) is 2.95. The molecule has 2 aromatic rings. The van der Waals surface area contributed by atoms with Crippen LogP contribution < -0.4 is 14.8 Å². The number of benzene rings is 2. The lowest BCUT2D eigenvalue weighted by atomic mass is 10.1. The minimum Gasteiger partial charge on any atom is -0.496 e. The monoisotopic (exact) mass is 396 g/mol.